The first-order chi connectivity index (χ1) is 17.4. The van der Waals surface area contributed by atoms with E-state index in [1.807, 2.05) is 30.0 Å². The highest BCUT2D eigenvalue weighted by molar-refractivity contribution is 7.80. The standard InChI is InChI=1S/C25H22N6O4S/c1-15-17(24-28-22-21(35-24)8-5-11-26-22)6-4-7-18(15)27-25(36)29-23(32)16-9-10-19(20(14-16)31(33)34)30-12-2-3-13-30/h4-11,14H,2-3,12-13H2,1H3,(H2,27,29,32,36). The van der Waals surface area contributed by atoms with Crippen LogP contribution in [-0.4, -0.2) is 39.0 Å². The second kappa shape index (κ2) is 9.70. The van der Waals surface area contributed by atoms with E-state index in [2.05, 4.69) is 20.6 Å². The number of aromatic nitrogens is 2. The molecule has 1 saturated heterocycles. The van der Waals surface area contributed by atoms with Gasteiger partial charge in [0.05, 0.1) is 4.92 Å². The number of nitrogens with one attached hydrogen (secondary N) is 2. The topological polar surface area (TPSA) is 126 Å². The zero-order chi connectivity index (χ0) is 25.2. The summed E-state index contributed by atoms with van der Waals surface area (Å²) >= 11 is 5.35. The van der Waals surface area contributed by atoms with Crippen LogP contribution in [0.5, 0.6) is 0 Å². The number of nitro groups is 1. The summed E-state index contributed by atoms with van der Waals surface area (Å²) in [6, 6.07) is 13.6. The average Bonchev–Trinajstić information content (AvgIpc) is 3.55. The fourth-order valence-electron chi connectivity index (χ4n) is 4.25. The van der Waals surface area contributed by atoms with Gasteiger partial charge in [0.15, 0.2) is 16.3 Å². The van der Waals surface area contributed by atoms with Crippen LogP contribution in [0.3, 0.4) is 0 Å². The highest BCUT2D eigenvalue weighted by Crippen LogP contribution is 2.32. The maximum atomic E-state index is 12.8. The van der Waals surface area contributed by atoms with Crippen molar-refractivity contribution >= 4 is 51.5 Å². The van der Waals surface area contributed by atoms with Crippen molar-refractivity contribution in [3.8, 4) is 11.5 Å². The van der Waals surface area contributed by atoms with E-state index in [1.165, 1.54) is 6.07 Å². The molecule has 1 aliphatic heterocycles. The molecular weight excluding hydrogens is 480 g/mol. The Labute approximate surface area is 211 Å². The molecule has 2 N–H and O–H groups in total. The van der Waals surface area contributed by atoms with E-state index in [4.69, 9.17) is 16.6 Å². The minimum absolute atomic E-state index is 0.0609. The summed E-state index contributed by atoms with van der Waals surface area (Å²) in [5, 5.41) is 17.3. The van der Waals surface area contributed by atoms with Crippen LogP contribution >= 0.6 is 12.2 Å². The number of benzene rings is 2. The molecule has 2 aromatic heterocycles. The van der Waals surface area contributed by atoms with Gasteiger partial charge in [0.2, 0.25) is 5.89 Å². The molecule has 2 aromatic carbocycles. The molecule has 11 heteroatoms. The molecule has 0 atom stereocenters. The molecule has 5 rings (SSSR count). The molecule has 36 heavy (non-hydrogen) atoms. The predicted octanol–water partition coefficient (Wildman–Crippen LogP) is 4.83. The monoisotopic (exact) mass is 502 g/mol. The molecule has 182 valence electrons. The van der Waals surface area contributed by atoms with Crippen molar-refractivity contribution in [1.82, 2.24) is 15.3 Å². The lowest BCUT2D eigenvalue weighted by Crippen LogP contribution is -2.34. The van der Waals surface area contributed by atoms with Gasteiger partial charge in [-0.1, -0.05) is 6.07 Å². The molecule has 1 aliphatic rings. The van der Waals surface area contributed by atoms with Gasteiger partial charge >= 0.3 is 0 Å². The summed E-state index contributed by atoms with van der Waals surface area (Å²) in [5.41, 5.74) is 3.89. The maximum absolute atomic E-state index is 12.8. The molecule has 3 heterocycles. The molecule has 1 amide bonds. The van der Waals surface area contributed by atoms with Gasteiger partial charge in [0.1, 0.15) is 5.69 Å². The Kier molecular flexibility index (Phi) is 6.30. The average molecular weight is 503 g/mol. The van der Waals surface area contributed by atoms with Crippen LogP contribution in [0, 0.1) is 17.0 Å². The number of nitro benzene ring substituents is 1. The number of hydrogen-bond donors (Lipinski definition) is 2. The number of oxazole rings is 1. The Morgan fingerprint density at radius 3 is 2.72 bits per heavy atom. The first-order valence-electron chi connectivity index (χ1n) is 11.4. The van der Waals surface area contributed by atoms with Crippen molar-refractivity contribution in [2.75, 3.05) is 23.3 Å². The summed E-state index contributed by atoms with van der Waals surface area (Å²) in [6.45, 7) is 3.41. The lowest BCUT2D eigenvalue weighted by Gasteiger charge is -2.18. The van der Waals surface area contributed by atoms with Gasteiger partial charge in [-0.3, -0.25) is 20.2 Å². The number of amides is 1. The van der Waals surface area contributed by atoms with E-state index >= 15 is 0 Å². The number of nitrogens with zero attached hydrogens (tertiary/aromatic N) is 4. The lowest BCUT2D eigenvalue weighted by atomic mass is 10.1. The minimum atomic E-state index is -0.539. The van der Waals surface area contributed by atoms with Crippen LogP contribution in [0.2, 0.25) is 0 Å². The van der Waals surface area contributed by atoms with Crippen molar-refractivity contribution < 1.29 is 14.1 Å². The van der Waals surface area contributed by atoms with Crippen LogP contribution < -0.4 is 15.5 Å². The number of anilines is 2. The normalized spacial score (nSPS) is 13.1. The number of carbonyl (C=O) groups is 1. The number of thiocarbonyl (C=S) groups is 1. The third-order valence-corrected chi connectivity index (χ3v) is 6.29. The van der Waals surface area contributed by atoms with E-state index in [-0.39, 0.29) is 16.4 Å². The Balaban J connectivity index is 1.32. The van der Waals surface area contributed by atoms with E-state index in [0.717, 1.165) is 37.1 Å². The summed E-state index contributed by atoms with van der Waals surface area (Å²) in [5.74, 6) is -0.118. The first-order valence-corrected chi connectivity index (χ1v) is 11.8. The third kappa shape index (κ3) is 4.60. The van der Waals surface area contributed by atoms with Crippen molar-refractivity contribution in [2.45, 2.75) is 19.8 Å². The molecule has 0 aliphatic carbocycles. The van der Waals surface area contributed by atoms with Gasteiger partial charge in [0, 0.05) is 42.2 Å². The van der Waals surface area contributed by atoms with Crippen LogP contribution in [0.4, 0.5) is 17.1 Å². The number of fused-ring (bicyclic) bond motifs is 1. The largest absolute Gasteiger partial charge is 0.434 e. The van der Waals surface area contributed by atoms with Crippen LogP contribution in [-0.2, 0) is 0 Å². The Morgan fingerprint density at radius 1 is 1.17 bits per heavy atom. The van der Waals surface area contributed by atoms with Crippen LogP contribution in [0.25, 0.3) is 22.7 Å². The van der Waals surface area contributed by atoms with Gasteiger partial charge < -0.3 is 14.6 Å². The quantitative estimate of drug-likeness (QED) is 0.224. The first kappa shape index (κ1) is 23.4. The summed E-state index contributed by atoms with van der Waals surface area (Å²) in [6.07, 6.45) is 3.63. The number of pyridine rings is 1. The Hall–Kier alpha value is -4.38. The smallest absolute Gasteiger partial charge is 0.293 e. The van der Waals surface area contributed by atoms with E-state index in [0.29, 0.717) is 28.5 Å². The Morgan fingerprint density at radius 2 is 1.97 bits per heavy atom. The summed E-state index contributed by atoms with van der Waals surface area (Å²) < 4.78 is 5.83. The number of hydrogen-bond acceptors (Lipinski definition) is 8. The minimum Gasteiger partial charge on any atom is -0.434 e. The fourth-order valence-corrected chi connectivity index (χ4v) is 4.45. The van der Waals surface area contributed by atoms with Gasteiger partial charge in [-0.15, -0.1) is 0 Å². The predicted molar refractivity (Wildman–Crippen MR) is 140 cm³/mol. The highest BCUT2D eigenvalue weighted by Gasteiger charge is 2.24. The number of rotatable bonds is 5. The maximum Gasteiger partial charge on any atom is 0.293 e. The molecule has 0 bridgehead atoms. The van der Waals surface area contributed by atoms with E-state index in [9.17, 15) is 14.9 Å². The lowest BCUT2D eigenvalue weighted by molar-refractivity contribution is -0.384. The zero-order valence-electron chi connectivity index (χ0n) is 19.4. The zero-order valence-corrected chi connectivity index (χ0v) is 20.2. The molecule has 0 spiro atoms. The third-order valence-electron chi connectivity index (χ3n) is 6.09. The number of carbonyl (C=O) groups excluding carboxylic acids is 1. The fraction of sp³-hybridized carbons (Fsp3) is 0.200. The SMILES string of the molecule is Cc1c(NC(=S)NC(=O)c2ccc(N3CCCC3)c([N+](=O)[O-])c2)cccc1-c1nc2ncccc2o1. The highest BCUT2D eigenvalue weighted by atomic mass is 32.1. The molecule has 1 fully saturated rings. The van der Waals surface area contributed by atoms with E-state index in [1.54, 1.807) is 30.5 Å². The van der Waals surface area contributed by atoms with Gasteiger partial charge in [-0.05, 0) is 73.9 Å². The van der Waals surface area contributed by atoms with Gasteiger partial charge in [-0.25, -0.2) is 4.98 Å². The van der Waals surface area contributed by atoms with E-state index < -0.39 is 10.8 Å². The Bertz CT molecular complexity index is 1460. The second-order valence-corrected chi connectivity index (χ2v) is 8.79. The van der Waals surface area contributed by atoms with Gasteiger partial charge in [0.25, 0.3) is 11.6 Å². The van der Waals surface area contributed by atoms with Crippen molar-refractivity contribution in [2.24, 2.45) is 0 Å². The molecule has 10 nitrogen and oxygen atoms in total. The van der Waals surface area contributed by atoms with Crippen molar-refractivity contribution in [1.29, 1.82) is 0 Å². The summed E-state index contributed by atoms with van der Waals surface area (Å²) in [4.78, 5) is 34.6. The van der Waals surface area contributed by atoms with Crippen LogP contribution in [0.15, 0.2) is 59.1 Å². The molecule has 0 radical (unpaired) electrons. The second-order valence-electron chi connectivity index (χ2n) is 8.39. The molecule has 0 saturated carbocycles. The van der Waals surface area contributed by atoms with Gasteiger partial charge in [-0.2, -0.15) is 4.98 Å². The van der Waals surface area contributed by atoms with Crippen molar-refractivity contribution in [3.63, 3.8) is 0 Å². The van der Waals surface area contributed by atoms with Crippen molar-refractivity contribution in [3.05, 3.63) is 76.0 Å². The molecule has 4 aromatic rings. The molecular formula is C25H22N6O4S. The molecule has 0 unspecified atom stereocenters. The summed E-state index contributed by atoms with van der Waals surface area (Å²) in [7, 11) is 0. The van der Waals surface area contributed by atoms with Crippen LogP contribution in [0.1, 0.15) is 28.8 Å².